The summed E-state index contributed by atoms with van der Waals surface area (Å²) in [5.74, 6) is -3.77. The Kier molecular flexibility index (Phi) is 4.73. The normalized spacial score (nSPS) is 11.8. The number of carbonyl (C=O) groups excluding carboxylic acids is 2. The van der Waals surface area contributed by atoms with E-state index in [0.29, 0.717) is 0 Å². The fourth-order valence-electron chi connectivity index (χ4n) is 1.11. The van der Waals surface area contributed by atoms with Gasteiger partial charge in [-0.25, -0.2) is 8.78 Å². The summed E-state index contributed by atoms with van der Waals surface area (Å²) >= 11 is 0. The van der Waals surface area contributed by atoms with E-state index in [2.05, 4.69) is 5.32 Å². The van der Waals surface area contributed by atoms with Gasteiger partial charge in [0.1, 0.15) is 11.6 Å². The number of rotatable bonds is 3. The zero-order valence-electron chi connectivity index (χ0n) is 9.54. The van der Waals surface area contributed by atoms with Crippen LogP contribution in [0.15, 0.2) is 18.2 Å². The number of aliphatic hydroxyl groups excluding tert-OH is 1. The number of hydrogen-bond acceptors (Lipinski definition) is 3. The highest BCUT2D eigenvalue weighted by atomic mass is 19.1. The Morgan fingerprint density at radius 1 is 1.33 bits per heavy atom. The maximum atomic E-state index is 13.2. The molecule has 3 N–H and O–H groups in total. The van der Waals surface area contributed by atoms with E-state index in [4.69, 9.17) is 5.11 Å². The SMILES string of the molecule is CC(CO)NC(=O)C(=O)Nc1cc(F)ccc1F. The van der Waals surface area contributed by atoms with Gasteiger partial charge in [0.15, 0.2) is 0 Å². The molecule has 1 rings (SSSR count). The van der Waals surface area contributed by atoms with Crippen LogP contribution in [0.2, 0.25) is 0 Å². The number of nitrogens with one attached hydrogen (secondary N) is 2. The molecule has 0 bridgehead atoms. The Labute approximate surface area is 102 Å². The summed E-state index contributed by atoms with van der Waals surface area (Å²) in [4.78, 5) is 22.6. The molecule has 0 aliphatic rings. The minimum absolute atomic E-state index is 0.340. The van der Waals surface area contributed by atoms with E-state index in [0.717, 1.165) is 18.2 Å². The van der Waals surface area contributed by atoms with Crippen LogP contribution in [0, 0.1) is 11.6 Å². The highest BCUT2D eigenvalue weighted by molar-refractivity contribution is 6.39. The molecule has 0 aliphatic heterocycles. The third-order valence-corrected chi connectivity index (χ3v) is 2.03. The molecule has 98 valence electrons. The maximum Gasteiger partial charge on any atom is 0.313 e. The molecule has 7 heteroatoms. The first-order chi connectivity index (χ1) is 8.43. The summed E-state index contributed by atoms with van der Waals surface area (Å²) < 4.78 is 26.0. The van der Waals surface area contributed by atoms with Crippen LogP contribution in [0.4, 0.5) is 14.5 Å². The van der Waals surface area contributed by atoms with Crippen molar-refractivity contribution in [2.75, 3.05) is 11.9 Å². The molecule has 0 saturated carbocycles. The molecular formula is C11H12F2N2O3. The second kappa shape index (κ2) is 6.06. The molecule has 0 heterocycles. The molecule has 1 atom stereocenters. The molecule has 2 amide bonds. The number of anilines is 1. The summed E-state index contributed by atoms with van der Waals surface area (Å²) in [6.45, 7) is 1.14. The molecule has 1 unspecified atom stereocenters. The highest BCUT2D eigenvalue weighted by Crippen LogP contribution is 2.14. The van der Waals surface area contributed by atoms with Gasteiger partial charge in [0, 0.05) is 12.1 Å². The molecule has 0 saturated heterocycles. The van der Waals surface area contributed by atoms with Gasteiger partial charge in [-0.3, -0.25) is 9.59 Å². The Morgan fingerprint density at radius 2 is 2.00 bits per heavy atom. The first-order valence-electron chi connectivity index (χ1n) is 5.11. The smallest absolute Gasteiger partial charge is 0.313 e. The summed E-state index contributed by atoms with van der Waals surface area (Å²) in [7, 11) is 0. The van der Waals surface area contributed by atoms with E-state index in [1.807, 2.05) is 5.32 Å². The van der Waals surface area contributed by atoms with Crippen molar-refractivity contribution in [3.05, 3.63) is 29.8 Å². The maximum absolute atomic E-state index is 13.2. The molecule has 0 fully saturated rings. The van der Waals surface area contributed by atoms with Crippen molar-refractivity contribution in [1.29, 1.82) is 0 Å². The lowest BCUT2D eigenvalue weighted by Crippen LogP contribution is -2.42. The van der Waals surface area contributed by atoms with Gasteiger partial charge in [0.2, 0.25) is 0 Å². The Hall–Kier alpha value is -2.02. The summed E-state index contributed by atoms with van der Waals surface area (Å²) in [6, 6.07) is 1.87. The monoisotopic (exact) mass is 258 g/mol. The van der Waals surface area contributed by atoms with Crippen LogP contribution in [-0.2, 0) is 9.59 Å². The quantitative estimate of drug-likeness (QED) is 0.687. The minimum Gasteiger partial charge on any atom is -0.394 e. The number of aliphatic hydroxyl groups is 1. The van der Waals surface area contributed by atoms with Crippen molar-refractivity contribution in [3.63, 3.8) is 0 Å². The Bertz CT molecular complexity index is 466. The lowest BCUT2D eigenvalue weighted by Gasteiger charge is -2.11. The van der Waals surface area contributed by atoms with Gasteiger partial charge >= 0.3 is 11.8 Å². The average Bonchev–Trinajstić information content (AvgIpc) is 2.33. The Morgan fingerprint density at radius 3 is 2.61 bits per heavy atom. The first kappa shape index (κ1) is 14.0. The number of benzene rings is 1. The second-order valence-electron chi connectivity index (χ2n) is 3.64. The third-order valence-electron chi connectivity index (χ3n) is 2.03. The third kappa shape index (κ3) is 3.77. The van der Waals surface area contributed by atoms with Gasteiger partial charge in [0.25, 0.3) is 0 Å². The molecule has 0 aliphatic carbocycles. The van der Waals surface area contributed by atoms with Gasteiger partial charge in [-0.1, -0.05) is 0 Å². The summed E-state index contributed by atoms with van der Waals surface area (Å²) in [5, 5.41) is 12.8. The lowest BCUT2D eigenvalue weighted by molar-refractivity contribution is -0.136. The summed E-state index contributed by atoms with van der Waals surface area (Å²) in [6.07, 6.45) is 0. The number of carbonyl (C=O) groups is 2. The molecule has 1 aromatic rings. The van der Waals surface area contributed by atoms with E-state index in [9.17, 15) is 18.4 Å². The van der Waals surface area contributed by atoms with Crippen molar-refractivity contribution in [2.24, 2.45) is 0 Å². The van der Waals surface area contributed by atoms with Gasteiger partial charge in [-0.2, -0.15) is 0 Å². The fraction of sp³-hybridized carbons (Fsp3) is 0.273. The number of halogens is 2. The predicted octanol–water partition coefficient (Wildman–Crippen LogP) is 0.400. The summed E-state index contributed by atoms with van der Waals surface area (Å²) in [5.41, 5.74) is -0.424. The van der Waals surface area contributed by atoms with E-state index >= 15 is 0 Å². The molecule has 0 radical (unpaired) electrons. The van der Waals surface area contributed by atoms with E-state index < -0.39 is 35.2 Å². The molecule has 1 aromatic carbocycles. The molecular weight excluding hydrogens is 246 g/mol. The van der Waals surface area contributed by atoms with E-state index in [1.54, 1.807) is 0 Å². The van der Waals surface area contributed by atoms with Gasteiger partial charge in [-0.15, -0.1) is 0 Å². The van der Waals surface area contributed by atoms with Crippen LogP contribution in [0.3, 0.4) is 0 Å². The van der Waals surface area contributed by atoms with Crippen molar-refractivity contribution >= 4 is 17.5 Å². The number of hydrogen-bond donors (Lipinski definition) is 3. The second-order valence-corrected chi connectivity index (χ2v) is 3.64. The van der Waals surface area contributed by atoms with Gasteiger partial charge in [0.05, 0.1) is 12.3 Å². The van der Waals surface area contributed by atoms with Crippen LogP contribution < -0.4 is 10.6 Å². The molecule has 5 nitrogen and oxygen atoms in total. The fourth-order valence-corrected chi connectivity index (χ4v) is 1.11. The standard InChI is InChI=1S/C11H12F2N2O3/c1-6(5-16)14-10(17)11(18)15-9-4-7(12)2-3-8(9)13/h2-4,6,16H,5H2,1H3,(H,14,17)(H,15,18). The van der Waals surface area contributed by atoms with Crippen LogP contribution >= 0.6 is 0 Å². The van der Waals surface area contributed by atoms with E-state index in [-0.39, 0.29) is 6.61 Å². The zero-order chi connectivity index (χ0) is 13.7. The van der Waals surface area contributed by atoms with Crippen LogP contribution in [-0.4, -0.2) is 29.6 Å². The first-order valence-corrected chi connectivity index (χ1v) is 5.11. The van der Waals surface area contributed by atoms with Crippen molar-refractivity contribution in [1.82, 2.24) is 5.32 Å². The van der Waals surface area contributed by atoms with E-state index in [1.165, 1.54) is 6.92 Å². The lowest BCUT2D eigenvalue weighted by atomic mass is 10.3. The van der Waals surface area contributed by atoms with Crippen molar-refractivity contribution in [2.45, 2.75) is 13.0 Å². The number of amides is 2. The van der Waals surface area contributed by atoms with Crippen LogP contribution in [0.5, 0.6) is 0 Å². The van der Waals surface area contributed by atoms with Crippen LogP contribution in [0.25, 0.3) is 0 Å². The van der Waals surface area contributed by atoms with Crippen molar-refractivity contribution < 1.29 is 23.5 Å². The molecule has 0 spiro atoms. The minimum atomic E-state index is -1.14. The zero-order valence-corrected chi connectivity index (χ0v) is 9.54. The average molecular weight is 258 g/mol. The van der Waals surface area contributed by atoms with Crippen LogP contribution in [0.1, 0.15) is 6.92 Å². The Balaban J connectivity index is 2.69. The highest BCUT2D eigenvalue weighted by Gasteiger charge is 2.17. The molecule has 18 heavy (non-hydrogen) atoms. The van der Waals surface area contributed by atoms with Gasteiger partial charge < -0.3 is 15.7 Å². The predicted molar refractivity (Wildman–Crippen MR) is 59.7 cm³/mol. The topological polar surface area (TPSA) is 78.4 Å². The largest absolute Gasteiger partial charge is 0.394 e. The van der Waals surface area contributed by atoms with Gasteiger partial charge in [-0.05, 0) is 19.1 Å². The van der Waals surface area contributed by atoms with Crippen molar-refractivity contribution in [3.8, 4) is 0 Å². The molecule has 0 aromatic heterocycles.